The largest absolute Gasteiger partial charge is 0.394 e. The van der Waals surface area contributed by atoms with Crippen LogP contribution >= 0.6 is 13.5 Å². The van der Waals surface area contributed by atoms with Crippen LogP contribution in [-0.2, 0) is 21.4 Å². The van der Waals surface area contributed by atoms with Crippen LogP contribution in [0.1, 0.15) is 44.1 Å². The number of aliphatic hydroxyl groups is 2. The van der Waals surface area contributed by atoms with Crippen molar-refractivity contribution in [1.29, 1.82) is 0 Å². The van der Waals surface area contributed by atoms with Gasteiger partial charge in [-0.1, -0.05) is 12.1 Å². The predicted molar refractivity (Wildman–Crippen MR) is 149 cm³/mol. The Kier molecular flexibility index (Phi) is 8.58. The van der Waals surface area contributed by atoms with Crippen LogP contribution in [0.15, 0.2) is 40.9 Å². The van der Waals surface area contributed by atoms with Gasteiger partial charge in [0.05, 0.1) is 19.3 Å². The highest BCUT2D eigenvalue weighted by atomic mass is 32.2. The smallest absolute Gasteiger partial charge is 0.253 e. The Morgan fingerprint density at radius 3 is 2.51 bits per heavy atom. The summed E-state index contributed by atoms with van der Waals surface area (Å²) in [5.74, 6) is -2.68. The fourth-order valence-corrected chi connectivity index (χ4v) is 6.76. The van der Waals surface area contributed by atoms with E-state index in [9.17, 15) is 27.1 Å². The molecule has 0 unspecified atom stereocenters. The second-order valence-corrected chi connectivity index (χ2v) is 12.3. The number of alkyl halides is 2. The van der Waals surface area contributed by atoms with Crippen molar-refractivity contribution in [2.45, 2.75) is 62.6 Å². The second-order valence-electron chi connectivity index (χ2n) is 10.4. The van der Waals surface area contributed by atoms with Crippen LogP contribution in [0.25, 0.3) is 17.0 Å². The molecule has 1 aromatic heterocycles. The number of fused-ring (bicyclic) bond motifs is 1. The van der Waals surface area contributed by atoms with E-state index in [4.69, 9.17) is 5.11 Å². The number of piperidine rings is 1. The lowest BCUT2D eigenvalue weighted by Crippen LogP contribution is -2.50. The van der Waals surface area contributed by atoms with E-state index in [-0.39, 0.29) is 90.1 Å². The van der Waals surface area contributed by atoms with Crippen molar-refractivity contribution >= 4 is 52.2 Å². The molecule has 13 heteroatoms. The number of sulfonamides is 1. The monoisotopic (exact) mass is 584 g/mol. The predicted octanol–water partition coefficient (Wildman–Crippen LogP) is 2.60. The van der Waals surface area contributed by atoms with Crippen molar-refractivity contribution in [2.24, 2.45) is 10.9 Å². The van der Waals surface area contributed by atoms with Crippen molar-refractivity contribution in [2.75, 3.05) is 19.7 Å². The van der Waals surface area contributed by atoms with Gasteiger partial charge in [-0.05, 0) is 49.5 Å². The number of nitrogens with one attached hydrogen (secondary N) is 1. The van der Waals surface area contributed by atoms with Crippen molar-refractivity contribution < 1.29 is 32.2 Å². The molecule has 1 aromatic carbocycles. The number of carbonyl (C=O) groups is 1. The van der Waals surface area contributed by atoms with Crippen LogP contribution in [0, 0.1) is 5.92 Å². The lowest BCUT2D eigenvalue weighted by atomic mass is 9.86. The molecule has 2 aromatic rings. The first-order valence-corrected chi connectivity index (χ1v) is 14.4. The average Bonchev–Trinajstić information content (AvgIpc) is 3.44. The maximum atomic E-state index is 13.5. The fourth-order valence-electron chi connectivity index (χ4n) is 5.58. The highest BCUT2D eigenvalue weighted by Gasteiger charge is 2.49. The molecule has 1 saturated heterocycles. The SMILES string of the molecule is O=C1NC(C2CCC(F)(F)CC2)=NC12CCN(S(=O)(=O)/C=C/c1cccc3c1ccn3C[C@H](O)CO)CC2.S. The molecule has 1 aliphatic carbocycles. The summed E-state index contributed by atoms with van der Waals surface area (Å²) in [5.41, 5.74) is 0.456. The number of halogens is 2. The number of carbonyl (C=O) groups excluding carboxylic acids is 1. The molecule has 0 bridgehead atoms. The first-order chi connectivity index (χ1) is 18.0. The van der Waals surface area contributed by atoms with Gasteiger partial charge in [0.15, 0.2) is 0 Å². The van der Waals surface area contributed by atoms with Gasteiger partial charge in [-0.2, -0.15) is 17.8 Å². The van der Waals surface area contributed by atoms with E-state index in [1.807, 2.05) is 12.1 Å². The number of amidine groups is 1. The summed E-state index contributed by atoms with van der Waals surface area (Å²) in [6, 6.07) is 7.28. The number of benzene rings is 1. The minimum atomic E-state index is -3.77. The third kappa shape index (κ3) is 6.07. The summed E-state index contributed by atoms with van der Waals surface area (Å²) in [7, 11) is -3.77. The topological polar surface area (TPSA) is 124 Å². The van der Waals surface area contributed by atoms with E-state index in [2.05, 4.69) is 10.3 Å². The second kappa shape index (κ2) is 11.3. The van der Waals surface area contributed by atoms with Gasteiger partial charge in [0.2, 0.25) is 15.9 Å². The van der Waals surface area contributed by atoms with Crippen molar-refractivity contribution in [3.8, 4) is 0 Å². The Hall–Kier alpha value is -2.32. The minimum absolute atomic E-state index is 0. The number of hydrogen-bond acceptors (Lipinski definition) is 6. The molecule has 39 heavy (non-hydrogen) atoms. The third-order valence-electron chi connectivity index (χ3n) is 7.90. The number of hydrogen-bond donors (Lipinski definition) is 3. The van der Waals surface area contributed by atoms with Gasteiger partial charge < -0.3 is 20.1 Å². The molecular weight excluding hydrogens is 550 g/mol. The van der Waals surface area contributed by atoms with E-state index in [0.29, 0.717) is 11.4 Å². The fraction of sp³-hybridized carbons (Fsp3) is 0.538. The molecule has 2 fully saturated rings. The molecule has 214 valence electrons. The molecule has 1 atom stereocenters. The summed E-state index contributed by atoms with van der Waals surface area (Å²) in [6.07, 6.45) is 2.96. The Bertz CT molecular complexity index is 1370. The minimum Gasteiger partial charge on any atom is -0.394 e. The normalized spacial score (nSPS) is 22.7. The van der Waals surface area contributed by atoms with Crippen LogP contribution in [0.2, 0.25) is 0 Å². The summed E-state index contributed by atoms with van der Waals surface area (Å²) in [6.45, 7) is 0.104. The van der Waals surface area contributed by atoms with E-state index < -0.39 is 27.6 Å². The zero-order chi connectivity index (χ0) is 27.1. The van der Waals surface area contributed by atoms with Gasteiger partial charge in [0, 0.05) is 54.4 Å². The van der Waals surface area contributed by atoms with E-state index in [0.717, 1.165) is 16.3 Å². The number of aliphatic imine (C=N–C) groups is 1. The van der Waals surface area contributed by atoms with Crippen molar-refractivity contribution in [3.05, 3.63) is 41.4 Å². The van der Waals surface area contributed by atoms with Crippen LogP contribution in [0.5, 0.6) is 0 Å². The standard InChI is InChI=1S/C26H32F2N4O5S.H2S/c27-26(28)8-4-19(5-9-26)23-29-24(35)25(30-23)10-13-32(14-11-25)38(36,37)15-7-18-2-1-3-22-21(18)6-12-31(22)16-20(34)17-33;/h1-3,6-7,12,15,19-20,33-34H,4-5,8-11,13-14,16-17H2,(H,29,30,35);1H2/b15-7+;/t20-;/m0./s1. The van der Waals surface area contributed by atoms with E-state index in [1.165, 1.54) is 10.4 Å². The van der Waals surface area contributed by atoms with Gasteiger partial charge >= 0.3 is 0 Å². The molecule has 1 amide bonds. The number of aromatic nitrogens is 1. The van der Waals surface area contributed by atoms with Crippen LogP contribution in [0.3, 0.4) is 0 Å². The molecule has 3 heterocycles. The van der Waals surface area contributed by atoms with Crippen molar-refractivity contribution in [3.63, 3.8) is 0 Å². The maximum absolute atomic E-state index is 13.5. The quantitative estimate of drug-likeness (QED) is 0.462. The Balaban J connectivity index is 0.00000353. The molecule has 0 radical (unpaired) electrons. The van der Waals surface area contributed by atoms with Gasteiger partial charge in [0.25, 0.3) is 5.91 Å². The highest BCUT2D eigenvalue weighted by molar-refractivity contribution is 7.92. The van der Waals surface area contributed by atoms with Crippen LogP contribution < -0.4 is 5.32 Å². The number of rotatable bonds is 7. The number of aliphatic hydroxyl groups excluding tert-OH is 2. The molecule has 1 saturated carbocycles. The summed E-state index contributed by atoms with van der Waals surface area (Å²) >= 11 is 0. The Labute approximate surface area is 233 Å². The number of nitrogens with zero attached hydrogens (tertiary/aromatic N) is 3. The summed E-state index contributed by atoms with van der Waals surface area (Å²) in [4.78, 5) is 17.5. The zero-order valence-electron chi connectivity index (χ0n) is 21.4. The third-order valence-corrected chi connectivity index (χ3v) is 9.46. The molecule has 9 nitrogen and oxygen atoms in total. The molecule has 5 rings (SSSR count). The van der Waals surface area contributed by atoms with Crippen LogP contribution in [0.4, 0.5) is 8.78 Å². The van der Waals surface area contributed by atoms with E-state index >= 15 is 0 Å². The summed E-state index contributed by atoms with van der Waals surface area (Å²) in [5, 5.41) is 23.7. The van der Waals surface area contributed by atoms with Gasteiger partial charge in [-0.15, -0.1) is 0 Å². The van der Waals surface area contributed by atoms with Gasteiger partial charge in [0.1, 0.15) is 11.4 Å². The van der Waals surface area contributed by atoms with Crippen molar-refractivity contribution in [1.82, 2.24) is 14.2 Å². The lowest BCUT2D eigenvalue weighted by molar-refractivity contribution is -0.125. The Morgan fingerprint density at radius 2 is 1.85 bits per heavy atom. The molecule has 3 aliphatic rings. The molecule has 3 N–H and O–H groups in total. The van der Waals surface area contributed by atoms with Gasteiger partial charge in [-0.25, -0.2) is 17.2 Å². The maximum Gasteiger partial charge on any atom is 0.253 e. The number of amides is 1. The first-order valence-electron chi connectivity index (χ1n) is 12.9. The molecule has 2 aliphatic heterocycles. The molecular formula is C26H34F2N4O5S2. The first kappa shape index (κ1) is 29.7. The Morgan fingerprint density at radius 1 is 1.15 bits per heavy atom. The highest BCUT2D eigenvalue weighted by Crippen LogP contribution is 2.39. The molecule has 1 spiro atoms. The zero-order valence-corrected chi connectivity index (χ0v) is 23.2. The average molecular weight is 585 g/mol. The lowest BCUT2D eigenvalue weighted by Gasteiger charge is -2.34. The van der Waals surface area contributed by atoms with E-state index in [1.54, 1.807) is 22.9 Å². The van der Waals surface area contributed by atoms with Gasteiger partial charge in [-0.3, -0.25) is 9.79 Å². The van der Waals surface area contributed by atoms with Crippen LogP contribution in [-0.4, -0.2) is 76.5 Å². The summed E-state index contributed by atoms with van der Waals surface area (Å²) < 4.78 is 56.4.